The van der Waals surface area contributed by atoms with Gasteiger partial charge in [-0.2, -0.15) is 0 Å². The Morgan fingerprint density at radius 3 is 3.07 bits per heavy atom. The van der Waals surface area contributed by atoms with Crippen molar-refractivity contribution >= 4 is 21.6 Å². The second kappa shape index (κ2) is 2.78. The van der Waals surface area contributed by atoms with Crippen LogP contribution in [0.5, 0.6) is 0 Å². The van der Waals surface area contributed by atoms with E-state index in [1.165, 1.54) is 23.1 Å². The lowest BCUT2D eigenvalue weighted by molar-refractivity contribution is 0.673. The Morgan fingerprint density at radius 2 is 2.29 bits per heavy atom. The van der Waals surface area contributed by atoms with E-state index in [1.807, 2.05) is 5.51 Å². The maximum atomic E-state index is 6.09. The summed E-state index contributed by atoms with van der Waals surface area (Å²) >= 11 is 1.70. The van der Waals surface area contributed by atoms with Crippen LogP contribution >= 0.6 is 11.3 Å². The highest BCUT2D eigenvalue weighted by molar-refractivity contribution is 7.16. The van der Waals surface area contributed by atoms with Crippen LogP contribution in [0.2, 0.25) is 0 Å². The van der Waals surface area contributed by atoms with Crippen LogP contribution in [-0.2, 0) is 6.42 Å². The summed E-state index contributed by atoms with van der Waals surface area (Å²) < 4.78 is 1.27. The van der Waals surface area contributed by atoms with Crippen molar-refractivity contribution in [3.63, 3.8) is 0 Å². The third-order valence-electron chi connectivity index (χ3n) is 2.84. The van der Waals surface area contributed by atoms with E-state index in [0.29, 0.717) is 0 Å². The topological polar surface area (TPSA) is 38.9 Å². The van der Waals surface area contributed by atoms with Crippen molar-refractivity contribution in [1.82, 2.24) is 4.98 Å². The van der Waals surface area contributed by atoms with E-state index in [9.17, 15) is 0 Å². The van der Waals surface area contributed by atoms with Crippen molar-refractivity contribution in [1.29, 1.82) is 0 Å². The van der Waals surface area contributed by atoms with Crippen molar-refractivity contribution in [3.05, 3.63) is 29.3 Å². The number of hydrogen-bond acceptors (Lipinski definition) is 3. The van der Waals surface area contributed by atoms with E-state index in [1.54, 1.807) is 11.3 Å². The van der Waals surface area contributed by atoms with Crippen molar-refractivity contribution in [2.45, 2.75) is 24.8 Å². The SMILES string of the molecule is NC1(Cc2ccc3ncsc3c2)CC1. The highest BCUT2D eigenvalue weighted by Crippen LogP contribution is 2.36. The van der Waals surface area contributed by atoms with E-state index >= 15 is 0 Å². The number of fused-ring (bicyclic) bond motifs is 1. The van der Waals surface area contributed by atoms with Gasteiger partial charge in [-0.05, 0) is 37.0 Å². The molecule has 3 rings (SSSR count). The third-order valence-corrected chi connectivity index (χ3v) is 3.64. The molecular weight excluding hydrogens is 192 g/mol. The number of nitrogens with two attached hydrogens (primary N) is 1. The van der Waals surface area contributed by atoms with Gasteiger partial charge < -0.3 is 5.73 Å². The van der Waals surface area contributed by atoms with Crippen molar-refractivity contribution in [3.8, 4) is 0 Å². The molecule has 1 heterocycles. The fraction of sp³-hybridized carbons (Fsp3) is 0.364. The Kier molecular flexibility index (Phi) is 1.66. The molecule has 1 aliphatic rings. The number of rotatable bonds is 2. The summed E-state index contributed by atoms with van der Waals surface area (Å²) in [5.74, 6) is 0. The molecule has 1 aromatic heterocycles. The summed E-state index contributed by atoms with van der Waals surface area (Å²) in [5, 5.41) is 0. The molecule has 1 saturated carbocycles. The molecule has 2 aromatic rings. The van der Waals surface area contributed by atoms with Gasteiger partial charge in [0, 0.05) is 5.54 Å². The first kappa shape index (κ1) is 8.38. The minimum atomic E-state index is 0.109. The number of aromatic nitrogens is 1. The molecule has 3 heteroatoms. The zero-order valence-corrected chi connectivity index (χ0v) is 8.68. The fourth-order valence-electron chi connectivity index (χ4n) is 1.75. The summed E-state index contributed by atoms with van der Waals surface area (Å²) in [4.78, 5) is 4.26. The standard InChI is InChI=1S/C11H12N2S/c12-11(3-4-11)6-8-1-2-9-10(5-8)14-7-13-9/h1-2,5,7H,3-4,6,12H2. The third kappa shape index (κ3) is 1.42. The average Bonchev–Trinajstić information content (AvgIpc) is 2.73. The maximum absolute atomic E-state index is 6.09. The van der Waals surface area contributed by atoms with Gasteiger partial charge in [0.25, 0.3) is 0 Å². The van der Waals surface area contributed by atoms with Crippen LogP contribution in [0.3, 0.4) is 0 Å². The Labute approximate surface area is 86.8 Å². The average molecular weight is 204 g/mol. The predicted molar refractivity (Wildman–Crippen MR) is 59.5 cm³/mol. The van der Waals surface area contributed by atoms with E-state index in [0.717, 1.165) is 11.9 Å². The van der Waals surface area contributed by atoms with E-state index < -0.39 is 0 Å². The summed E-state index contributed by atoms with van der Waals surface area (Å²) in [6.45, 7) is 0. The molecule has 1 aliphatic carbocycles. The molecule has 0 atom stereocenters. The minimum absolute atomic E-state index is 0.109. The van der Waals surface area contributed by atoms with Crippen LogP contribution in [0, 0.1) is 0 Å². The van der Waals surface area contributed by atoms with E-state index in [4.69, 9.17) is 5.73 Å². The van der Waals surface area contributed by atoms with Gasteiger partial charge in [-0.3, -0.25) is 0 Å². The van der Waals surface area contributed by atoms with E-state index in [-0.39, 0.29) is 5.54 Å². The fourth-order valence-corrected chi connectivity index (χ4v) is 2.49. The van der Waals surface area contributed by atoms with Crippen LogP contribution in [0.15, 0.2) is 23.7 Å². The summed E-state index contributed by atoms with van der Waals surface area (Å²) in [6.07, 6.45) is 3.36. The second-order valence-corrected chi connectivity index (χ2v) is 5.08. The minimum Gasteiger partial charge on any atom is -0.325 e. The van der Waals surface area contributed by atoms with Gasteiger partial charge in [0.2, 0.25) is 0 Å². The predicted octanol–water partition coefficient (Wildman–Crippen LogP) is 2.33. The molecular formula is C11H12N2S. The van der Waals surface area contributed by atoms with Gasteiger partial charge in [0.05, 0.1) is 15.7 Å². The number of nitrogens with zero attached hydrogens (tertiary/aromatic N) is 1. The summed E-state index contributed by atoms with van der Waals surface area (Å²) in [7, 11) is 0. The van der Waals surface area contributed by atoms with Crippen molar-refractivity contribution in [2.75, 3.05) is 0 Å². The molecule has 0 saturated heterocycles. The van der Waals surface area contributed by atoms with Gasteiger partial charge in [-0.15, -0.1) is 11.3 Å². The maximum Gasteiger partial charge on any atom is 0.0812 e. The second-order valence-electron chi connectivity index (χ2n) is 4.19. The lowest BCUT2D eigenvalue weighted by Gasteiger charge is -2.07. The van der Waals surface area contributed by atoms with Crippen molar-refractivity contribution in [2.24, 2.45) is 5.73 Å². The molecule has 72 valence electrons. The molecule has 14 heavy (non-hydrogen) atoms. The number of benzene rings is 1. The number of thiazole rings is 1. The van der Waals surface area contributed by atoms with Gasteiger partial charge in [0.15, 0.2) is 0 Å². The van der Waals surface area contributed by atoms with Crippen LogP contribution in [0.1, 0.15) is 18.4 Å². The Hall–Kier alpha value is -0.930. The first-order valence-electron chi connectivity index (χ1n) is 4.86. The summed E-state index contributed by atoms with van der Waals surface area (Å²) in [6, 6.07) is 6.46. The quantitative estimate of drug-likeness (QED) is 0.815. The lowest BCUT2D eigenvalue weighted by Crippen LogP contribution is -2.24. The van der Waals surface area contributed by atoms with Crippen LogP contribution in [0.25, 0.3) is 10.2 Å². The largest absolute Gasteiger partial charge is 0.325 e. The molecule has 0 unspecified atom stereocenters. The molecule has 1 aromatic carbocycles. The Balaban J connectivity index is 1.97. The monoisotopic (exact) mass is 204 g/mol. The molecule has 0 amide bonds. The molecule has 2 nitrogen and oxygen atoms in total. The molecule has 0 bridgehead atoms. The van der Waals surface area contributed by atoms with Gasteiger partial charge >= 0.3 is 0 Å². The van der Waals surface area contributed by atoms with Gasteiger partial charge in [-0.25, -0.2) is 4.98 Å². The Morgan fingerprint density at radius 1 is 1.43 bits per heavy atom. The van der Waals surface area contributed by atoms with Gasteiger partial charge in [0.1, 0.15) is 0 Å². The van der Waals surface area contributed by atoms with Crippen molar-refractivity contribution < 1.29 is 0 Å². The normalized spacial score (nSPS) is 18.6. The van der Waals surface area contributed by atoms with Crippen LogP contribution in [-0.4, -0.2) is 10.5 Å². The summed E-state index contributed by atoms with van der Waals surface area (Å²) in [5.41, 5.74) is 10.5. The molecule has 0 aliphatic heterocycles. The highest BCUT2D eigenvalue weighted by atomic mass is 32.1. The van der Waals surface area contributed by atoms with Gasteiger partial charge in [-0.1, -0.05) is 6.07 Å². The molecule has 2 N–H and O–H groups in total. The molecule has 1 fully saturated rings. The van der Waals surface area contributed by atoms with Crippen LogP contribution < -0.4 is 5.73 Å². The lowest BCUT2D eigenvalue weighted by atomic mass is 10.1. The smallest absolute Gasteiger partial charge is 0.0812 e. The highest BCUT2D eigenvalue weighted by Gasteiger charge is 2.37. The van der Waals surface area contributed by atoms with E-state index in [2.05, 4.69) is 23.2 Å². The zero-order chi connectivity index (χ0) is 9.60. The first-order valence-corrected chi connectivity index (χ1v) is 5.74. The zero-order valence-electron chi connectivity index (χ0n) is 7.86. The Bertz CT molecular complexity index is 471. The number of hydrogen-bond donors (Lipinski definition) is 1. The molecule has 0 radical (unpaired) electrons. The molecule has 0 spiro atoms. The first-order chi connectivity index (χ1) is 6.75. The van der Waals surface area contributed by atoms with Crippen LogP contribution in [0.4, 0.5) is 0 Å².